The van der Waals surface area contributed by atoms with Gasteiger partial charge in [-0.25, -0.2) is 4.98 Å². The molecule has 5 heteroatoms. The number of aliphatic carboxylic acids is 1. The van der Waals surface area contributed by atoms with Crippen LogP contribution in [0.15, 0.2) is 60.7 Å². The van der Waals surface area contributed by atoms with Crippen molar-refractivity contribution in [1.82, 2.24) is 4.98 Å². The van der Waals surface area contributed by atoms with Gasteiger partial charge >= 0.3 is 29.6 Å². The molecule has 4 rings (SSSR count). The smallest absolute Gasteiger partial charge is 0.549 e. The molecule has 1 fully saturated rings. The summed E-state index contributed by atoms with van der Waals surface area (Å²) in [7, 11) is 0. The molecule has 1 unspecified atom stereocenters. The number of carboxylic acids is 1. The second-order valence-electron chi connectivity index (χ2n) is 7.19. The van der Waals surface area contributed by atoms with Crippen LogP contribution >= 0.6 is 0 Å². The molecule has 2 aromatic carbocycles. The third-order valence-electron chi connectivity index (χ3n) is 5.41. The van der Waals surface area contributed by atoms with Crippen LogP contribution in [0.1, 0.15) is 42.9 Å². The third kappa shape index (κ3) is 4.75. The summed E-state index contributed by atoms with van der Waals surface area (Å²) in [4.78, 5) is 16.2. The number of pyridine rings is 1. The van der Waals surface area contributed by atoms with Crippen molar-refractivity contribution in [1.29, 1.82) is 0 Å². The number of nitrogens with zero attached hydrogens (tertiary/aromatic N) is 1. The van der Waals surface area contributed by atoms with E-state index in [0.717, 1.165) is 47.8 Å². The number of hydrogen-bond donors (Lipinski definition) is 0. The number of para-hydroxylation sites is 1. The fourth-order valence-electron chi connectivity index (χ4n) is 4.01. The van der Waals surface area contributed by atoms with Gasteiger partial charge in [0.1, 0.15) is 12.4 Å². The van der Waals surface area contributed by atoms with Gasteiger partial charge in [-0.1, -0.05) is 49.2 Å². The van der Waals surface area contributed by atoms with Crippen molar-refractivity contribution in [3.8, 4) is 5.75 Å². The summed E-state index contributed by atoms with van der Waals surface area (Å²) in [6.07, 6.45) is 4.14. The summed E-state index contributed by atoms with van der Waals surface area (Å²) >= 11 is 0. The van der Waals surface area contributed by atoms with Gasteiger partial charge in [0.05, 0.1) is 11.2 Å². The molecule has 1 atom stereocenters. The van der Waals surface area contributed by atoms with E-state index in [2.05, 4.69) is 4.98 Å². The maximum Gasteiger partial charge on any atom is 1.00 e. The number of fused-ring (bicyclic) bond motifs is 1. The van der Waals surface area contributed by atoms with Crippen molar-refractivity contribution >= 4 is 16.9 Å². The SMILES string of the molecule is O=C([O-])C(c1ccc(OCc2ccc3ccccc3n2)cc1)C1CCCC1.[Na+]. The number of carboxylic acid groups (broad SMARTS) is 1. The Morgan fingerprint density at radius 1 is 1.04 bits per heavy atom. The Morgan fingerprint density at radius 2 is 1.75 bits per heavy atom. The van der Waals surface area contributed by atoms with Crippen LogP contribution in [0.5, 0.6) is 5.75 Å². The monoisotopic (exact) mass is 383 g/mol. The van der Waals surface area contributed by atoms with Gasteiger partial charge in [-0.15, -0.1) is 0 Å². The van der Waals surface area contributed by atoms with Gasteiger partial charge in [0.25, 0.3) is 0 Å². The standard InChI is InChI=1S/C23H23NO3.Na/c25-23(26)22(17-6-1-2-7-17)18-10-13-20(14-11-18)27-15-19-12-9-16-5-3-4-8-21(16)24-19;/h3-5,8-14,17,22H,1-2,6-7,15H2,(H,25,26);/q;+1/p-1. The molecule has 1 aliphatic carbocycles. The molecule has 28 heavy (non-hydrogen) atoms. The molecule has 0 N–H and O–H groups in total. The summed E-state index contributed by atoms with van der Waals surface area (Å²) < 4.78 is 5.84. The fourth-order valence-corrected chi connectivity index (χ4v) is 4.01. The molecule has 0 amide bonds. The molecular formula is C23H22NNaO3. The molecule has 4 nitrogen and oxygen atoms in total. The molecule has 0 aliphatic heterocycles. The Balaban J connectivity index is 0.00000225. The van der Waals surface area contributed by atoms with Crippen molar-refractivity contribution in [2.75, 3.05) is 0 Å². The minimum absolute atomic E-state index is 0. The number of benzene rings is 2. The van der Waals surface area contributed by atoms with Crippen LogP contribution in [-0.2, 0) is 11.4 Å². The van der Waals surface area contributed by atoms with E-state index in [1.54, 1.807) is 0 Å². The number of aromatic nitrogens is 1. The van der Waals surface area contributed by atoms with Gasteiger partial charge in [0.2, 0.25) is 0 Å². The molecule has 138 valence electrons. The van der Waals surface area contributed by atoms with Crippen LogP contribution in [0, 0.1) is 5.92 Å². The van der Waals surface area contributed by atoms with E-state index in [4.69, 9.17) is 4.74 Å². The first-order valence-corrected chi connectivity index (χ1v) is 9.49. The van der Waals surface area contributed by atoms with Gasteiger partial charge < -0.3 is 14.6 Å². The van der Waals surface area contributed by atoms with Crippen molar-refractivity contribution in [2.45, 2.75) is 38.2 Å². The first-order valence-electron chi connectivity index (χ1n) is 9.49. The number of hydrogen-bond acceptors (Lipinski definition) is 4. The van der Waals surface area contributed by atoms with E-state index in [9.17, 15) is 9.90 Å². The van der Waals surface area contributed by atoms with Crippen molar-refractivity contribution < 1.29 is 44.2 Å². The fraction of sp³-hybridized carbons (Fsp3) is 0.304. The Kier molecular flexibility index (Phi) is 7.11. The zero-order valence-electron chi connectivity index (χ0n) is 16.1. The Hall–Kier alpha value is -1.88. The van der Waals surface area contributed by atoms with E-state index >= 15 is 0 Å². The van der Waals surface area contributed by atoms with Gasteiger partial charge in [-0.3, -0.25) is 0 Å². The quantitative estimate of drug-likeness (QED) is 0.592. The second-order valence-corrected chi connectivity index (χ2v) is 7.19. The number of carbonyl (C=O) groups excluding carboxylic acids is 1. The summed E-state index contributed by atoms with van der Waals surface area (Å²) in [6, 6.07) is 19.3. The first kappa shape index (κ1) is 20.8. The molecule has 1 saturated carbocycles. The minimum Gasteiger partial charge on any atom is -0.549 e. The Morgan fingerprint density at radius 3 is 2.46 bits per heavy atom. The average Bonchev–Trinajstić information content (AvgIpc) is 3.21. The van der Waals surface area contributed by atoms with Crippen LogP contribution in [-0.4, -0.2) is 11.0 Å². The predicted octanol–water partition coefficient (Wildman–Crippen LogP) is 0.841. The van der Waals surface area contributed by atoms with Crippen LogP contribution in [0.25, 0.3) is 10.9 Å². The molecule has 1 aromatic heterocycles. The van der Waals surface area contributed by atoms with E-state index < -0.39 is 11.9 Å². The van der Waals surface area contributed by atoms with Crippen LogP contribution in [0.2, 0.25) is 0 Å². The number of ether oxygens (including phenoxy) is 1. The van der Waals surface area contributed by atoms with E-state index in [-0.39, 0.29) is 35.5 Å². The van der Waals surface area contributed by atoms with Gasteiger partial charge in [-0.2, -0.15) is 0 Å². The largest absolute Gasteiger partial charge is 1.00 e. The first-order chi connectivity index (χ1) is 13.2. The predicted molar refractivity (Wildman–Crippen MR) is 102 cm³/mol. The zero-order valence-corrected chi connectivity index (χ0v) is 18.1. The maximum atomic E-state index is 11.6. The molecular weight excluding hydrogens is 361 g/mol. The average molecular weight is 383 g/mol. The molecule has 0 bridgehead atoms. The molecule has 1 aliphatic rings. The topological polar surface area (TPSA) is 62.2 Å². The van der Waals surface area contributed by atoms with E-state index in [1.807, 2.05) is 60.7 Å². The Bertz CT molecular complexity index is 936. The number of carbonyl (C=O) groups is 1. The van der Waals surface area contributed by atoms with Crippen molar-refractivity contribution in [3.63, 3.8) is 0 Å². The van der Waals surface area contributed by atoms with Crippen molar-refractivity contribution in [3.05, 3.63) is 71.9 Å². The van der Waals surface area contributed by atoms with E-state index in [0.29, 0.717) is 12.4 Å². The van der Waals surface area contributed by atoms with E-state index in [1.165, 1.54) is 0 Å². The van der Waals surface area contributed by atoms with Gasteiger partial charge in [0.15, 0.2) is 0 Å². The second kappa shape index (κ2) is 9.55. The molecule has 3 aromatic rings. The van der Waals surface area contributed by atoms with Crippen LogP contribution in [0.3, 0.4) is 0 Å². The third-order valence-corrected chi connectivity index (χ3v) is 5.41. The van der Waals surface area contributed by atoms with Crippen molar-refractivity contribution in [2.24, 2.45) is 5.92 Å². The molecule has 1 heterocycles. The van der Waals surface area contributed by atoms with Crippen LogP contribution < -0.4 is 39.4 Å². The normalized spacial score (nSPS) is 15.1. The van der Waals surface area contributed by atoms with Gasteiger partial charge in [0, 0.05) is 17.3 Å². The molecule has 0 radical (unpaired) electrons. The summed E-state index contributed by atoms with van der Waals surface area (Å²) in [6.45, 7) is 0.372. The summed E-state index contributed by atoms with van der Waals surface area (Å²) in [5, 5.41) is 12.7. The summed E-state index contributed by atoms with van der Waals surface area (Å²) in [5.74, 6) is -0.611. The van der Waals surface area contributed by atoms with Crippen LogP contribution in [0.4, 0.5) is 0 Å². The Labute approximate surface area is 187 Å². The van der Waals surface area contributed by atoms with Gasteiger partial charge in [-0.05, 0) is 48.6 Å². The maximum absolute atomic E-state index is 11.6. The zero-order chi connectivity index (χ0) is 18.6. The minimum atomic E-state index is -0.976. The molecule has 0 spiro atoms. The molecule has 0 saturated heterocycles. The summed E-state index contributed by atoms with van der Waals surface area (Å²) in [5.41, 5.74) is 2.61. The number of rotatable bonds is 6.